The number of methoxy groups -OCH3 is 1. The van der Waals surface area contributed by atoms with Crippen LogP contribution >= 0.6 is 0 Å². The molecule has 1 N–H and O–H groups in total. The Morgan fingerprint density at radius 1 is 1.33 bits per heavy atom. The molecule has 2 unspecified atom stereocenters. The Kier molecular flexibility index (Phi) is 4.40. The molecule has 0 spiro atoms. The molecule has 0 saturated carbocycles. The van der Waals surface area contributed by atoms with E-state index in [1.54, 1.807) is 0 Å². The lowest BCUT2D eigenvalue weighted by Crippen LogP contribution is -2.38. The molecule has 0 bridgehead atoms. The summed E-state index contributed by atoms with van der Waals surface area (Å²) < 4.78 is 4.91. The number of esters is 1. The zero-order valence-electron chi connectivity index (χ0n) is 10.6. The molecule has 0 aromatic heterocycles. The Balaban J connectivity index is 2.10. The first-order valence-electron chi connectivity index (χ1n) is 6.35. The van der Waals surface area contributed by atoms with E-state index in [9.17, 15) is 4.79 Å². The second-order valence-electron chi connectivity index (χ2n) is 4.56. The number of hydrogen-bond acceptors (Lipinski definition) is 3. The quantitative estimate of drug-likeness (QED) is 0.654. The molecule has 0 fully saturated rings. The minimum absolute atomic E-state index is 0.181. The summed E-state index contributed by atoms with van der Waals surface area (Å²) in [7, 11) is 1.45. The molecule has 3 nitrogen and oxygen atoms in total. The third-order valence-corrected chi connectivity index (χ3v) is 3.33. The van der Waals surface area contributed by atoms with Crippen molar-refractivity contribution in [3.8, 4) is 0 Å². The van der Waals surface area contributed by atoms with Gasteiger partial charge in [-0.15, -0.1) is 0 Å². The first-order chi connectivity index (χ1) is 8.81. The van der Waals surface area contributed by atoms with E-state index in [0.717, 1.165) is 24.9 Å². The normalized spacial score (nSPS) is 20.2. The van der Waals surface area contributed by atoms with Gasteiger partial charge in [0.15, 0.2) is 0 Å². The molecule has 2 atom stereocenters. The summed E-state index contributed by atoms with van der Waals surface area (Å²) in [5, 5.41) is 3.29. The zero-order valence-corrected chi connectivity index (χ0v) is 10.6. The van der Waals surface area contributed by atoms with Gasteiger partial charge in [0.1, 0.15) is 6.04 Å². The predicted octanol–water partition coefficient (Wildman–Crippen LogP) is 3.00. The maximum atomic E-state index is 11.9. The fraction of sp³-hybridized carbons (Fsp3) is 0.400. The SMILES string of the molecule is COC(=O)C(Nc1ccccc1)C1CC=CCC1. The highest BCUT2D eigenvalue weighted by atomic mass is 16.5. The standard InChI is InChI=1S/C15H19NO2/c1-18-15(17)14(12-8-4-2-5-9-12)16-13-10-6-3-7-11-13/h2-4,6-7,10-12,14,16H,5,8-9H2,1H3. The molecule has 0 amide bonds. The summed E-state index contributed by atoms with van der Waals surface area (Å²) in [4.78, 5) is 11.9. The molecular formula is C15H19NO2. The topological polar surface area (TPSA) is 38.3 Å². The Bertz CT molecular complexity index is 414. The van der Waals surface area contributed by atoms with Crippen LogP contribution in [-0.4, -0.2) is 19.1 Å². The summed E-state index contributed by atoms with van der Waals surface area (Å²) in [5.74, 6) is 0.127. The van der Waals surface area contributed by atoms with Gasteiger partial charge in [-0.1, -0.05) is 30.4 Å². The fourth-order valence-corrected chi connectivity index (χ4v) is 2.33. The monoisotopic (exact) mass is 245 g/mol. The second kappa shape index (κ2) is 6.24. The Morgan fingerprint density at radius 2 is 2.11 bits per heavy atom. The van der Waals surface area contributed by atoms with Gasteiger partial charge in [0.2, 0.25) is 0 Å². The number of para-hydroxylation sites is 1. The molecule has 0 aliphatic heterocycles. The Hall–Kier alpha value is -1.77. The van der Waals surface area contributed by atoms with Gasteiger partial charge in [-0.25, -0.2) is 4.79 Å². The van der Waals surface area contributed by atoms with E-state index in [4.69, 9.17) is 4.74 Å². The molecule has 1 aromatic rings. The van der Waals surface area contributed by atoms with Crippen LogP contribution in [0, 0.1) is 5.92 Å². The second-order valence-corrected chi connectivity index (χ2v) is 4.56. The van der Waals surface area contributed by atoms with Crippen LogP contribution in [0.5, 0.6) is 0 Å². The summed E-state index contributed by atoms with van der Waals surface area (Å²) >= 11 is 0. The van der Waals surface area contributed by atoms with Crippen molar-refractivity contribution in [2.45, 2.75) is 25.3 Å². The van der Waals surface area contributed by atoms with Crippen molar-refractivity contribution in [2.24, 2.45) is 5.92 Å². The number of hydrogen-bond donors (Lipinski definition) is 1. The average Bonchev–Trinajstić information content (AvgIpc) is 2.46. The number of ether oxygens (including phenoxy) is 1. The molecule has 1 aliphatic rings. The van der Waals surface area contributed by atoms with E-state index in [1.165, 1.54) is 7.11 Å². The molecule has 18 heavy (non-hydrogen) atoms. The van der Waals surface area contributed by atoms with Crippen molar-refractivity contribution >= 4 is 11.7 Å². The summed E-state index contributed by atoms with van der Waals surface area (Å²) in [6.07, 6.45) is 7.31. The Morgan fingerprint density at radius 3 is 2.72 bits per heavy atom. The van der Waals surface area contributed by atoms with E-state index in [-0.39, 0.29) is 12.0 Å². The van der Waals surface area contributed by atoms with Crippen molar-refractivity contribution in [3.63, 3.8) is 0 Å². The summed E-state index contributed by atoms with van der Waals surface area (Å²) in [6.45, 7) is 0. The van der Waals surface area contributed by atoms with E-state index < -0.39 is 0 Å². The number of anilines is 1. The van der Waals surface area contributed by atoms with Crippen LogP contribution in [-0.2, 0) is 9.53 Å². The van der Waals surface area contributed by atoms with Crippen molar-refractivity contribution in [3.05, 3.63) is 42.5 Å². The highest BCUT2D eigenvalue weighted by Gasteiger charge is 2.28. The van der Waals surface area contributed by atoms with Crippen molar-refractivity contribution in [1.82, 2.24) is 0 Å². The number of carbonyl (C=O) groups excluding carboxylic acids is 1. The lowest BCUT2D eigenvalue weighted by Gasteiger charge is -2.27. The molecule has 0 radical (unpaired) electrons. The molecule has 0 saturated heterocycles. The van der Waals surface area contributed by atoms with Crippen LogP contribution in [0.25, 0.3) is 0 Å². The predicted molar refractivity (Wildman–Crippen MR) is 72.3 cm³/mol. The van der Waals surface area contributed by atoms with Crippen LogP contribution in [0.2, 0.25) is 0 Å². The molecular weight excluding hydrogens is 226 g/mol. The minimum Gasteiger partial charge on any atom is -0.467 e. The van der Waals surface area contributed by atoms with Crippen LogP contribution in [0.15, 0.2) is 42.5 Å². The van der Waals surface area contributed by atoms with Gasteiger partial charge in [0, 0.05) is 5.69 Å². The number of allylic oxidation sites excluding steroid dienone is 2. The molecule has 1 aliphatic carbocycles. The maximum Gasteiger partial charge on any atom is 0.328 e. The average molecular weight is 245 g/mol. The number of carbonyl (C=O) groups is 1. The maximum absolute atomic E-state index is 11.9. The van der Waals surface area contributed by atoms with Crippen molar-refractivity contribution in [2.75, 3.05) is 12.4 Å². The summed E-state index contributed by atoms with van der Waals surface area (Å²) in [5.41, 5.74) is 0.961. The number of nitrogens with one attached hydrogen (secondary N) is 1. The van der Waals surface area contributed by atoms with E-state index in [2.05, 4.69) is 17.5 Å². The first kappa shape index (κ1) is 12.7. The third-order valence-electron chi connectivity index (χ3n) is 3.33. The first-order valence-corrected chi connectivity index (χ1v) is 6.35. The van der Waals surface area contributed by atoms with Crippen LogP contribution in [0.4, 0.5) is 5.69 Å². The molecule has 1 aromatic carbocycles. The van der Waals surface area contributed by atoms with Gasteiger partial charge in [0.25, 0.3) is 0 Å². The summed E-state index contributed by atoms with van der Waals surface area (Å²) in [6, 6.07) is 9.54. The minimum atomic E-state index is -0.262. The number of rotatable bonds is 4. The van der Waals surface area contributed by atoms with Crippen LogP contribution in [0.1, 0.15) is 19.3 Å². The fourth-order valence-electron chi connectivity index (χ4n) is 2.33. The van der Waals surface area contributed by atoms with Gasteiger partial charge in [-0.3, -0.25) is 0 Å². The van der Waals surface area contributed by atoms with E-state index in [0.29, 0.717) is 5.92 Å². The smallest absolute Gasteiger partial charge is 0.328 e. The number of benzene rings is 1. The lowest BCUT2D eigenvalue weighted by atomic mass is 9.87. The van der Waals surface area contributed by atoms with Gasteiger partial charge >= 0.3 is 5.97 Å². The molecule has 3 heteroatoms. The van der Waals surface area contributed by atoms with E-state index in [1.807, 2.05) is 30.3 Å². The van der Waals surface area contributed by atoms with Crippen molar-refractivity contribution in [1.29, 1.82) is 0 Å². The van der Waals surface area contributed by atoms with Gasteiger partial charge in [-0.2, -0.15) is 0 Å². The molecule has 0 heterocycles. The third kappa shape index (κ3) is 3.13. The van der Waals surface area contributed by atoms with Crippen LogP contribution < -0.4 is 5.32 Å². The largest absolute Gasteiger partial charge is 0.467 e. The highest BCUT2D eigenvalue weighted by Crippen LogP contribution is 2.25. The van der Waals surface area contributed by atoms with Gasteiger partial charge < -0.3 is 10.1 Å². The Labute approximate surface area is 108 Å². The molecule has 2 rings (SSSR count). The van der Waals surface area contributed by atoms with Gasteiger partial charge in [-0.05, 0) is 37.3 Å². The van der Waals surface area contributed by atoms with Crippen molar-refractivity contribution < 1.29 is 9.53 Å². The highest BCUT2D eigenvalue weighted by molar-refractivity contribution is 5.79. The van der Waals surface area contributed by atoms with Crippen LogP contribution in [0.3, 0.4) is 0 Å². The van der Waals surface area contributed by atoms with Gasteiger partial charge in [0.05, 0.1) is 7.11 Å². The van der Waals surface area contributed by atoms with E-state index >= 15 is 0 Å². The molecule has 96 valence electrons. The zero-order chi connectivity index (χ0) is 12.8. The lowest BCUT2D eigenvalue weighted by molar-refractivity contribution is -0.142.